The van der Waals surface area contributed by atoms with Crippen LogP contribution in [0.5, 0.6) is 0 Å². The number of hydrogen-bond donors (Lipinski definition) is 1. The second kappa shape index (κ2) is 6.71. The molecule has 3 heterocycles. The minimum absolute atomic E-state index is 0.00734. The van der Waals surface area contributed by atoms with Crippen molar-refractivity contribution in [2.24, 2.45) is 11.7 Å². The van der Waals surface area contributed by atoms with Gasteiger partial charge in [-0.2, -0.15) is 0 Å². The molecule has 0 saturated carbocycles. The zero-order valence-electron chi connectivity index (χ0n) is 14.3. The van der Waals surface area contributed by atoms with Crippen molar-refractivity contribution in [3.05, 3.63) is 69.1 Å². The predicted molar refractivity (Wildman–Crippen MR) is 101 cm³/mol. The summed E-state index contributed by atoms with van der Waals surface area (Å²) in [7, 11) is 0. The molecule has 2 aromatic heterocycles. The smallest absolute Gasteiger partial charge is 0.259 e. The Balaban J connectivity index is 1.56. The molecule has 0 radical (unpaired) electrons. The maximum Gasteiger partial charge on any atom is 0.259 e. The first kappa shape index (κ1) is 16.4. The number of likely N-dealkylation sites (tertiary alicyclic amines) is 1. The first-order chi connectivity index (χ1) is 12.2. The molecule has 6 heteroatoms. The largest absolute Gasteiger partial charge is 0.330 e. The van der Waals surface area contributed by atoms with Gasteiger partial charge in [-0.1, -0.05) is 30.3 Å². The van der Waals surface area contributed by atoms with Gasteiger partial charge in [-0.05, 0) is 24.9 Å². The number of aryl methyl sites for hydroxylation is 1. The first-order valence-electron chi connectivity index (χ1n) is 8.60. The molecule has 2 N–H and O–H groups in total. The highest BCUT2D eigenvalue weighted by Crippen LogP contribution is 2.32. The van der Waals surface area contributed by atoms with Crippen molar-refractivity contribution in [3.8, 4) is 0 Å². The summed E-state index contributed by atoms with van der Waals surface area (Å²) in [5.41, 5.74) is 9.16. The molecular weight excluding hydrogens is 332 g/mol. The lowest BCUT2D eigenvalue weighted by molar-refractivity contribution is 0.313. The molecule has 25 heavy (non-hydrogen) atoms. The van der Waals surface area contributed by atoms with Crippen LogP contribution in [-0.2, 0) is 6.54 Å². The first-order valence-corrected chi connectivity index (χ1v) is 9.48. The molecule has 4 rings (SSSR count). The standard InChI is InChI=1S/C19H22N4OS/c1-13-12-25-19-21-16(7-18(24)23(13)19)10-22-9-15(8-20)17(11-22)14-5-3-2-4-6-14/h2-7,12,15,17H,8-11,20H2,1H3/t15-,17+/m1/s1. The molecule has 1 saturated heterocycles. The molecule has 2 atom stereocenters. The summed E-state index contributed by atoms with van der Waals surface area (Å²) in [6, 6.07) is 12.2. The van der Waals surface area contributed by atoms with E-state index in [-0.39, 0.29) is 5.56 Å². The van der Waals surface area contributed by atoms with Gasteiger partial charge in [-0.3, -0.25) is 14.1 Å². The van der Waals surface area contributed by atoms with Gasteiger partial charge >= 0.3 is 0 Å². The van der Waals surface area contributed by atoms with E-state index >= 15 is 0 Å². The molecule has 130 valence electrons. The van der Waals surface area contributed by atoms with Crippen molar-refractivity contribution in [2.75, 3.05) is 19.6 Å². The third-order valence-corrected chi connectivity index (χ3v) is 6.00. The van der Waals surface area contributed by atoms with Crippen LogP contribution < -0.4 is 11.3 Å². The monoisotopic (exact) mass is 354 g/mol. The fraction of sp³-hybridized carbons (Fsp3) is 0.368. The maximum absolute atomic E-state index is 12.4. The van der Waals surface area contributed by atoms with Crippen molar-refractivity contribution in [1.82, 2.24) is 14.3 Å². The number of rotatable bonds is 4. The van der Waals surface area contributed by atoms with Crippen LogP contribution >= 0.6 is 11.3 Å². The van der Waals surface area contributed by atoms with Crippen LogP contribution in [0.4, 0.5) is 0 Å². The van der Waals surface area contributed by atoms with E-state index in [0.717, 1.165) is 29.4 Å². The van der Waals surface area contributed by atoms with E-state index in [9.17, 15) is 4.79 Å². The number of nitrogens with two attached hydrogens (primary N) is 1. The highest BCUT2D eigenvalue weighted by molar-refractivity contribution is 7.15. The fourth-order valence-corrected chi connectivity index (χ4v) is 4.71. The molecule has 0 bridgehead atoms. The molecular formula is C19H22N4OS. The summed E-state index contributed by atoms with van der Waals surface area (Å²) in [5, 5.41) is 1.97. The van der Waals surface area contributed by atoms with E-state index in [1.165, 1.54) is 16.9 Å². The summed E-state index contributed by atoms with van der Waals surface area (Å²) in [5.74, 6) is 0.885. The Morgan fingerprint density at radius 3 is 2.84 bits per heavy atom. The minimum atomic E-state index is 0.00734. The Bertz CT molecular complexity index is 933. The van der Waals surface area contributed by atoms with Crippen molar-refractivity contribution in [3.63, 3.8) is 0 Å². The number of nitrogens with zero attached hydrogens (tertiary/aromatic N) is 3. The lowest BCUT2D eigenvalue weighted by atomic mass is 9.89. The van der Waals surface area contributed by atoms with Gasteiger partial charge in [0.25, 0.3) is 5.56 Å². The fourth-order valence-electron chi connectivity index (χ4n) is 3.82. The van der Waals surface area contributed by atoms with Gasteiger partial charge < -0.3 is 5.73 Å². The van der Waals surface area contributed by atoms with Crippen LogP contribution in [-0.4, -0.2) is 33.9 Å². The molecule has 1 aliphatic rings. The van der Waals surface area contributed by atoms with Gasteiger partial charge in [-0.15, -0.1) is 11.3 Å². The molecule has 1 aromatic carbocycles. The highest BCUT2D eigenvalue weighted by atomic mass is 32.1. The minimum Gasteiger partial charge on any atom is -0.330 e. The van der Waals surface area contributed by atoms with Crippen molar-refractivity contribution in [2.45, 2.75) is 19.4 Å². The van der Waals surface area contributed by atoms with E-state index in [1.54, 1.807) is 10.5 Å². The van der Waals surface area contributed by atoms with Crippen LogP contribution in [0.1, 0.15) is 22.9 Å². The molecule has 3 aromatic rings. The number of hydrogen-bond acceptors (Lipinski definition) is 5. The molecule has 0 unspecified atom stereocenters. The highest BCUT2D eigenvalue weighted by Gasteiger charge is 2.32. The number of thiazole rings is 1. The van der Waals surface area contributed by atoms with Gasteiger partial charge in [0.15, 0.2) is 4.96 Å². The summed E-state index contributed by atoms with van der Waals surface area (Å²) in [4.78, 5) is 20.2. The Hall–Kier alpha value is -2.02. The molecule has 0 spiro atoms. The van der Waals surface area contributed by atoms with Gasteiger partial charge in [-0.25, -0.2) is 4.98 Å². The van der Waals surface area contributed by atoms with E-state index in [4.69, 9.17) is 5.73 Å². The van der Waals surface area contributed by atoms with Gasteiger partial charge in [0.1, 0.15) is 0 Å². The molecule has 1 aliphatic heterocycles. The summed E-state index contributed by atoms with van der Waals surface area (Å²) < 4.78 is 1.67. The zero-order valence-corrected chi connectivity index (χ0v) is 15.1. The van der Waals surface area contributed by atoms with Gasteiger partial charge in [0.2, 0.25) is 0 Å². The molecule has 5 nitrogen and oxygen atoms in total. The summed E-state index contributed by atoms with van der Waals surface area (Å²) >= 11 is 1.52. The molecule has 0 aliphatic carbocycles. The average molecular weight is 354 g/mol. The zero-order chi connectivity index (χ0) is 17.4. The number of aromatic nitrogens is 2. The van der Waals surface area contributed by atoms with Crippen molar-refractivity contribution in [1.29, 1.82) is 0 Å². The summed E-state index contributed by atoms with van der Waals surface area (Å²) in [6.45, 7) is 5.21. The summed E-state index contributed by atoms with van der Waals surface area (Å²) in [6.07, 6.45) is 0. The van der Waals surface area contributed by atoms with Crippen LogP contribution in [0.2, 0.25) is 0 Å². The Kier molecular flexibility index (Phi) is 4.41. The van der Waals surface area contributed by atoms with Crippen molar-refractivity contribution >= 4 is 16.3 Å². The third-order valence-electron chi connectivity index (χ3n) is 5.06. The maximum atomic E-state index is 12.4. The Morgan fingerprint density at radius 2 is 2.08 bits per heavy atom. The van der Waals surface area contributed by atoms with Crippen LogP contribution in [0, 0.1) is 12.8 Å². The third kappa shape index (κ3) is 3.13. The van der Waals surface area contributed by atoms with E-state index in [2.05, 4.69) is 34.1 Å². The number of benzene rings is 1. The quantitative estimate of drug-likeness (QED) is 0.780. The normalized spacial score (nSPS) is 21.2. The van der Waals surface area contributed by atoms with Crippen LogP contribution in [0.15, 0.2) is 46.6 Å². The van der Waals surface area contributed by atoms with Gasteiger partial charge in [0.05, 0.1) is 5.69 Å². The molecule has 1 fully saturated rings. The lowest BCUT2D eigenvalue weighted by Gasteiger charge is -2.16. The van der Waals surface area contributed by atoms with E-state index < -0.39 is 0 Å². The molecule has 0 amide bonds. The van der Waals surface area contributed by atoms with Gasteiger partial charge in [0, 0.05) is 42.7 Å². The topological polar surface area (TPSA) is 63.6 Å². The average Bonchev–Trinajstić information content (AvgIpc) is 3.19. The second-order valence-corrected chi connectivity index (χ2v) is 7.62. The SMILES string of the molecule is Cc1csc2nc(CN3C[C@@H](CN)[C@H](c4ccccc4)C3)cc(=O)n12. The Morgan fingerprint density at radius 1 is 1.28 bits per heavy atom. The number of fused-ring (bicyclic) bond motifs is 1. The lowest BCUT2D eigenvalue weighted by Crippen LogP contribution is -2.25. The predicted octanol–water partition coefficient (Wildman–Crippen LogP) is 2.24. The van der Waals surface area contributed by atoms with Crippen molar-refractivity contribution < 1.29 is 0 Å². The van der Waals surface area contributed by atoms with Crippen LogP contribution in [0.3, 0.4) is 0 Å². The van der Waals surface area contributed by atoms with Crippen LogP contribution in [0.25, 0.3) is 4.96 Å². The van der Waals surface area contributed by atoms with E-state index in [1.807, 2.05) is 18.4 Å². The Labute approximate surface area is 150 Å². The second-order valence-electron chi connectivity index (χ2n) is 6.79. The van der Waals surface area contributed by atoms with E-state index in [0.29, 0.717) is 24.9 Å².